The second-order valence-electron chi connectivity index (χ2n) is 4.15. The lowest BCUT2D eigenvalue weighted by Gasteiger charge is -2.22. The summed E-state index contributed by atoms with van der Waals surface area (Å²) in [7, 11) is 0. The SMILES string of the molecule is C=C[C@H]1CC(=C)[C@H](C(CC)CCC)O1. The lowest BCUT2D eigenvalue weighted by molar-refractivity contribution is 0.0390. The van der Waals surface area contributed by atoms with Crippen molar-refractivity contribution in [3.63, 3.8) is 0 Å². The minimum Gasteiger partial charge on any atom is -0.366 e. The lowest BCUT2D eigenvalue weighted by Crippen LogP contribution is -2.21. The van der Waals surface area contributed by atoms with Crippen molar-refractivity contribution in [2.45, 2.75) is 51.7 Å². The van der Waals surface area contributed by atoms with Crippen LogP contribution in [0, 0.1) is 5.92 Å². The van der Waals surface area contributed by atoms with E-state index in [-0.39, 0.29) is 12.2 Å². The fourth-order valence-electron chi connectivity index (χ4n) is 2.23. The molecule has 1 unspecified atom stereocenters. The maximum absolute atomic E-state index is 5.91. The molecule has 0 bridgehead atoms. The Bertz CT molecular complexity index is 207. The van der Waals surface area contributed by atoms with E-state index >= 15 is 0 Å². The molecule has 1 heterocycles. The molecule has 1 aliphatic rings. The second-order valence-corrected chi connectivity index (χ2v) is 4.15. The van der Waals surface area contributed by atoms with E-state index in [2.05, 4.69) is 27.0 Å². The molecule has 1 fully saturated rings. The summed E-state index contributed by atoms with van der Waals surface area (Å²) in [5.74, 6) is 0.650. The zero-order valence-electron chi connectivity index (χ0n) is 9.46. The maximum atomic E-state index is 5.91. The van der Waals surface area contributed by atoms with Crippen molar-refractivity contribution in [2.24, 2.45) is 5.92 Å². The molecule has 0 saturated carbocycles. The van der Waals surface area contributed by atoms with E-state index in [1.165, 1.54) is 24.8 Å². The van der Waals surface area contributed by atoms with Gasteiger partial charge in [0.05, 0.1) is 12.2 Å². The normalized spacial score (nSPS) is 29.1. The first kappa shape index (κ1) is 11.5. The number of rotatable bonds is 5. The Labute approximate surface area is 87.8 Å². The second kappa shape index (κ2) is 5.35. The predicted molar refractivity (Wildman–Crippen MR) is 61.3 cm³/mol. The summed E-state index contributed by atoms with van der Waals surface area (Å²) in [6, 6.07) is 0. The molecule has 1 rings (SSSR count). The van der Waals surface area contributed by atoms with E-state index < -0.39 is 0 Å². The van der Waals surface area contributed by atoms with Crippen LogP contribution in [0.25, 0.3) is 0 Å². The molecule has 0 N–H and O–H groups in total. The minimum absolute atomic E-state index is 0.207. The molecule has 0 amide bonds. The van der Waals surface area contributed by atoms with E-state index in [9.17, 15) is 0 Å². The van der Waals surface area contributed by atoms with Crippen molar-refractivity contribution in [1.29, 1.82) is 0 Å². The quantitative estimate of drug-likeness (QED) is 0.606. The van der Waals surface area contributed by atoms with Gasteiger partial charge < -0.3 is 4.74 Å². The van der Waals surface area contributed by atoms with Crippen molar-refractivity contribution in [1.82, 2.24) is 0 Å². The molecule has 14 heavy (non-hydrogen) atoms. The summed E-state index contributed by atoms with van der Waals surface area (Å²) >= 11 is 0. The minimum atomic E-state index is 0.207. The standard InChI is InChI=1S/C13H22O/c1-5-8-11(6-2)13-10(4)9-12(7-3)14-13/h7,11-13H,3-6,8-9H2,1-2H3/t11?,12-,13+/m0/s1. The summed E-state index contributed by atoms with van der Waals surface area (Å²) in [6.07, 6.45) is 7.00. The van der Waals surface area contributed by atoms with Gasteiger partial charge in [0, 0.05) is 6.42 Å². The topological polar surface area (TPSA) is 9.23 Å². The van der Waals surface area contributed by atoms with Crippen LogP contribution in [-0.2, 0) is 4.74 Å². The van der Waals surface area contributed by atoms with Gasteiger partial charge in [-0.05, 0) is 17.9 Å². The van der Waals surface area contributed by atoms with Gasteiger partial charge in [0.25, 0.3) is 0 Å². The first-order chi connectivity index (χ1) is 6.72. The van der Waals surface area contributed by atoms with Crippen molar-refractivity contribution < 1.29 is 4.74 Å². The summed E-state index contributed by atoms with van der Waals surface area (Å²) < 4.78 is 5.91. The highest BCUT2D eigenvalue weighted by molar-refractivity contribution is 5.13. The van der Waals surface area contributed by atoms with Crippen LogP contribution in [0.4, 0.5) is 0 Å². The average Bonchev–Trinajstić information content (AvgIpc) is 2.56. The van der Waals surface area contributed by atoms with Gasteiger partial charge in [0.2, 0.25) is 0 Å². The first-order valence-corrected chi connectivity index (χ1v) is 5.68. The van der Waals surface area contributed by atoms with E-state index in [1.807, 2.05) is 6.08 Å². The van der Waals surface area contributed by atoms with Crippen LogP contribution in [0.2, 0.25) is 0 Å². The van der Waals surface area contributed by atoms with Crippen LogP contribution < -0.4 is 0 Å². The molecule has 0 aromatic rings. The molecule has 0 spiro atoms. The Balaban J connectivity index is 2.58. The van der Waals surface area contributed by atoms with Gasteiger partial charge >= 0.3 is 0 Å². The Morgan fingerprint density at radius 2 is 2.29 bits per heavy atom. The molecule has 0 aliphatic carbocycles. The molecule has 3 atom stereocenters. The molecule has 0 radical (unpaired) electrons. The monoisotopic (exact) mass is 194 g/mol. The van der Waals surface area contributed by atoms with Crippen molar-refractivity contribution in [3.8, 4) is 0 Å². The smallest absolute Gasteiger partial charge is 0.0819 e. The van der Waals surface area contributed by atoms with E-state index in [4.69, 9.17) is 4.74 Å². The Hall–Kier alpha value is -0.560. The van der Waals surface area contributed by atoms with Crippen LogP contribution in [0.5, 0.6) is 0 Å². The van der Waals surface area contributed by atoms with Crippen LogP contribution in [-0.4, -0.2) is 12.2 Å². The van der Waals surface area contributed by atoms with Crippen LogP contribution in [0.3, 0.4) is 0 Å². The molecular weight excluding hydrogens is 172 g/mol. The van der Waals surface area contributed by atoms with Gasteiger partial charge in [0.15, 0.2) is 0 Å². The first-order valence-electron chi connectivity index (χ1n) is 5.68. The Kier molecular flexibility index (Phi) is 4.40. The zero-order chi connectivity index (χ0) is 10.6. The third-order valence-corrected chi connectivity index (χ3v) is 3.06. The largest absolute Gasteiger partial charge is 0.366 e. The molecule has 0 aromatic carbocycles. The average molecular weight is 194 g/mol. The highest BCUT2D eigenvalue weighted by Crippen LogP contribution is 2.33. The molecule has 1 aliphatic heterocycles. The highest BCUT2D eigenvalue weighted by Gasteiger charge is 2.31. The number of hydrogen-bond acceptors (Lipinski definition) is 1. The van der Waals surface area contributed by atoms with Gasteiger partial charge in [-0.3, -0.25) is 0 Å². The van der Waals surface area contributed by atoms with Gasteiger partial charge in [-0.2, -0.15) is 0 Å². The third kappa shape index (κ3) is 2.48. The van der Waals surface area contributed by atoms with Crippen molar-refractivity contribution >= 4 is 0 Å². The molecule has 1 heteroatoms. The van der Waals surface area contributed by atoms with Crippen molar-refractivity contribution in [2.75, 3.05) is 0 Å². The van der Waals surface area contributed by atoms with E-state index in [0.29, 0.717) is 5.92 Å². The maximum Gasteiger partial charge on any atom is 0.0819 e. The Morgan fingerprint density at radius 1 is 1.57 bits per heavy atom. The predicted octanol–water partition coefficient (Wildman–Crippen LogP) is 3.71. The molecular formula is C13H22O. The fraction of sp³-hybridized carbons (Fsp3) is 0.692. The number of ether oxygens (including phenoxy) is 1. The highest BCUT2D eigenvalue weighted by atomic mass is 16.5. The van der Waals surface area contributed by atoms with E-state index in [0.717, 1.165) is 6.42 Å². The van der Waals surface area contributed by atoms with Gasteiger partial charge in [-0.1, -0.05) is 39.3 Å². The Morgan fingerprint density at radius 3 is 2.71 bits per heavy atom. The number of hydrogen-bond donors (Lipinski definition) is 0. The molecule has 1 saturated heterocycles. The molecule has 80 valence electrons. The zero-order valence-corrected chi connectivity index (χ0v) is 9.46. The van der Waals surface area contributed by atoms with Gasteiger partial charge in [0.1, 0.15) is 0 Å². The molecule has 0 aromatic heterocycles. The summed E-state index contributed by atoms with van der Waals surface area (Å²) in [5, 5.41) is 0. The van der Waals surface area contributed by atoms with Crippen LogP contribution in [0.15, 0.2) is 24.8 Å². The fourth-order valence-corrected chi connectivity index (χ4v) is 2.23. The van der Waals surface area contributed by atoms with Crippen molar-refractivity contribution in [3.05, 3.63) is 24.8 Å². The van der Waals surface area contributed by atoms with E-state index in [1.54, 1.807) is 0 Å². The third-order valence-electron chi connectivity index (χ3n) is 3.06. The van der Waals surface area contributed by atoms with Gasteiger partial charge in [-0.25, -0.2) is 0 Å². The van der Waals surface area contributed by atoms with Crippen LogP contribution >= 0.6 is 0 Å². The molecule has 1 nitrogen and oxygen atoms in total. The summed E-state index contributed by atoms with van der Waals surface area (Å²) in [4.78, 5) is 0. The van der Waals surface area contributed by atoms with Gasteiger partial charge in [-0.15, -0.1) is 6.58 Å². The summed E-state index contributed by atoms with van der Waals surface area (Å²) in [6.45, 7) is 12.4. The lowest BCUT2D eigenvalue weighted by atomic mass is 9.90. The van der Waals surface area contributed by atoms with Crippen LogP contribution in [0.1, 0.15) is 39.5 Å². The summed E-state index contributed by atoms with van der Waals surface area (Å²) in [5.41, 5.74) is 1.26.